The SMILES string of the molecule is CCCC(CC(C)C)(CC(S)CC)C(C)C(C)C. The van der Waals surface area contributed by atoms with Crippen molar-refractivity contribution in [3.63, 3.8) is 0 Å². The van der Waals surface area contributed by atoms with Crippen LogP contribution in [-0.2, 0) is 0 Å². The summed E-state index contributed by atoms with van der Waals surface area (Å²) in [5, 5.41) is 0.566. The lowest BCUT2D eigenvalue weighted by molar-refractivity contribution is 0.0728. The van der Waals surface area contributed by atoms with E-state index in [1.54, 1.807) is 0 Å². The summed E-state index contributed by atoms with van der Waals surface area (Å²) in [7, 11) is 0. The van der Waals surface area contributed by atoms with Crippen molar-refractivity contribution in [1.82, 2.24) is 0 Å². The Kier molecular flexibility index (Phi) is 8.67. The summed E-state index contributed by atoms with van der Waals surface area (Å²) in [6.45, 7) is 16.6. The zero-order valence-electron chi connectivity index (χ0n) is 13.8. The van der Waals surface area contributed by atoms with Crippen LogP contribution in [0.1, 0.15) is 80.6 Å². The maximum Gasteiger partial charge on any atom is 0.00195 e. The predicted octanol–water partition coefficient (Wildman–Crippen LogP) is 6.21. The second kappa shape index (κ2) is 8.51. The summed E-state index contributed by atoms with van der Waals surface area (Å²) in [5.74, 6) is 2.35. The van der Waals surface area contributed by atoms with E-state index in [4.69, 9.17) is 12.6 Å². The molecule has 0 aliphatic rings. The summed E-state index contributed by atoms with van der Waals surface area (Å²) in [5.41, 5.74) is 0.500. The number of thiol groups is 1. The molecule has 0 nitrogen and oxygen atoms in total. The van der Waals surface area contributed by atoms with E-state index in [2.05, 4.69) is 48.5 Å². The van der Waals surface area contributed by atoms with Crippen LogP contribution < -0.4 is 0 Å². The maximum absolute atomic E-state index is 4.80. The van der Waals surface area contributed by atoms with Crippen molar-refractivity contribution >= 4 is 12.6 Å². The zero-order chi connectivity index (χ0) is 14.3. The summed E-state index contributed by atoms with van der Waals surface area (Å²) < 4.78 is 0. The molecule has 0 aromatic heterocycles. The fourth-order valence-electron chi connectivity index (χ4n) is 3.52. The average Bonchev–Trinajstić information content (AvgIpc) is 2.26. The van der Waals surface area contributed by atoms with Gasteiger partial charge in [-0.2, -0.15) is 12.6 Å². The van der Waals surface area contributed by atoms with Crippen LogP contribution in [0.2, 0.25) is 0 Å². The lowest BCUT2D eigenvalue weighted by atomic mass is 9.62. The Morgan fingerprint density at radius 2 is 1.50 bits per heavy atom. The van der Waals surface area contributed by atoms with Gasteiger partial charge in [0, 0.05) is 5.25 Å². The molecule has 0 rings (SSSR count). The molecule has 0 radical (unpaired) electrons. The molecule has 0 bridgehead atoms. The van der Waals surface area contributed by atoms with Crippen LogP contribution in [0, 0.1) is 23.2 Å². The van der Waals surface area contributed by atoms with Gasteiger partial charge in [-0.3, -0.25) is 0 Å². The van der Waals surface area contributed by atoms with Gasteiger partial charge in [0.1, 0.15) is 0 Å². The standard InChI is InChI=1S/C17H36S/c1-8-10-17(11-13(3)4,12-16(18)9-2)15(7)14(5)6/h13-16,18H,8-12H2,1-7H3. The molecule has 0 aliphatic carbocycles. The molecule has 0 spiro atoms. The molecule has 18 heavy (non-hydrogen) atoms. The largest absolute Gasteiger partial charge is 0.176 e. The van der Waals surface area contributed by atoms with Crippen LogP contribution in [-0.4, -0.2) is 5.25 Å². The zero-order valence-corrected chi connectivity index (χ0v) is 14.7. The Bertz CT molecular complexity index is 210. The normalized spacial score (nSPS) is 19.0. The van der Waals surface area contributed by atoms with Gasteiger partial charge in [-0.15, -0.1) is 0 Å². The lowest BCUT2D eigenvalue weighted by Crippen LogP contribution is -2.36. The molecule has 1 heteroatoms. The molecule has 0 amide bonds. The van der Waals surface area contributed by atoms with Crippen LogP contribution in [0.3, 0.4) is 0 Å². The molecule has 0 aromatic carbocycles. The molecule has 0 aromatic rings. The fourth-order valence-corrected chi connectivity index (χ4v) is 3.88. The van der Waals surface area contributed by atoms with Crippen LogP contribution in [0.15, 0.2) is 0 Å². The van der Waals surface area contributed by atoms with Crippen molar-refractivity contribution in [3.8, 4) is 0 Å². The molecule has 0 saturated carbocycles. The third kappa shape index (κ3) is 5.55. The van der Waals surface area contributed by atoms with Crippen LogP contribution in [0.4, 0.5) is 0 Å². The monoisotopic (exact) mass is 272 g/mol. The van der Waals surface area contributed by atoms with Crippen molar-refractivity contribution in [2.75, 3.05) is 0 Å². The second-order valence-corrected chi connectivity index (χ2v) is 7.74. The molecule has 0 aliphatic heterocycles. The minimum Gasteiger partial charge on any atom is -0.176 e. The Morgan fingerprint density at radius 1 is 0.944 bits per heavy atom. The highest BCUT2D eigenvalue weighted by Gasteiger charge is 2.38. The summed E-state index contributed by atoms with van der Waals surface area (Å²) >= 11 is 4.80. The topological polar surface area (TPSA) is 0 Å². The van der Waals surface area contributed by atoms with Gasteiger partial charge in [-0.05, 0) is 48.9 Å². The summed E-state index contributed by atoms with van der Waals surface area (Å²) in [4.78, 5) is 0. The average molecular weight is 273 g/mol. The van der Waals surface area contributed by atoms with Gasteiger partial charge in [-0.1, -0.05) is 54.9 Å². The third-order valence-corrected chi connectivity index (χ3v) is 5.19. The molecule has 0 fully saturated rings. The van der Waals surface area contributed by atoms with Crippen LogP contribution in [0.5, 0.6) is 0 Å². The first-order chi connectivity index (χ1) is 8.29. The van der Waals surface area contributed by atoms with E-state index in [0.717, 1.165) is 17.8 Å². The van der Waals surface area contributed by atoms with Crippen LogP contribution in [0.25, 0.3) is 0 Å². The Labute approximate surface area is 122 Å². The van der Waals surface area contributed by atoms with Crippen LogP contribution >= 0.6 is 12.6 Å². The van der Waals surface area contributed by atoms with Gasteiger partial charge in [0.05, 0.1) is 0 Å². The van der Waals surface area contributed by atoms with E-state index in [1.165, 1.54) is 32.1 Å². The molecular weight excluding hydrogens is 236 g/mol. The fraction of sp³-hybridized carbons (Fsp3) is 1.00. The molecule has 110 valence electrons. The van der Waals surface area contributed by atoms with E-state index in [-0.39, 0.29) is 0 Å². The van der Waals surface area contributed by atoms with Gasteiger partial charge in [0.15, 0.2) is 0 Å². The number of rotatable bonds is 9. The highest BCUT2D eigenvalue weighted by molar-refractivity contribution is 7.80. The van der Waals surface area contributed by atoms with E-state index in [9.17, 15) is 0 Å². The lowest BCUT2D eigenvalue weighted by Gasteiger charge is -2.44. The third-order valence-electron chi connectivity index (χ3n) is 4.64. The van der Waals surface area contributed by atoms with E-state index in [1.807, 2.05) is 0 Å². The van der Waals surface area contributed by atoms with Crippen molar-refractivity contribution in [2.24, 2.45) is 23.2 Å². The number of hydrogen-bond donors (Lipinski definition) is 1. The summed E-state index contributed by atoms with van der Waals surface area (Å²) in [6.07, 6.45) is 6.50. The molecule has 0 N–H and O–H groups in total. The quantitative estimate of drug-likeness (QED) is 0.474. The Morgan fingerprint density at radius 3 is 1.83 bits per heavy atom. The highest BCUT2D eigenvalue weighted by atomic mass is 32.1. The second-order valence-electron chi connectivity index (χ2n) is 7.01. The predicted molar refractivity (Wildman–Crippen MR) is 88.5 cm³/mol. The van der Waals surface area contributed by atoms with Gasteiger partial charge in [-0.25, -0.2) is 0 Å². The minimum atomic E-state index is 0.500. The molecular formula is C17H36S. The molecule has 0 heterocycles. The van der Waals surface area contributed by atoms with Crippen molar-refractivity contribution in [1.29, 1.82) is 0 Å². The van der Waals surface area contributed by atoms with Gasteiger partial charge in [0.25, 0.3) is 0 Å². The highest BCUT2D eigenvalue weighted by Crippen LogP contribution is 2.47. The Balaban J connectivity index is 5.12. The Hall–Kier alpha value is 0.350. The summed E-state index contributed by atoms with van der Waals surface area (Å²) in [6, 6.07) is 0. The van der Waals surface area contributed by atoms with Crippen molar-refractivity contribution in [3.05, 3.63) is 0 Å². The van der Waals surface area contributed by atoms with E-state index < -0.39 is 0 Å². The van der Waals surface area contributed by atoms with Gasteiger partial charge in [0.2, 0.25) is 0 Å². The maximum atomic E-state index is 4.80. The smallest absolute Gasteiger partial charge is 0.00195 e. The van der Waals surface area contributed by atoms with Gasteiger partial charge < -0.3 is 0 Å². The minimum absolute atomic E-state index is 0.500. The van der Waals surface area contributed by atoms with Gasteiger partial charge >= 0.3 is 0 Å². The first kappa shape index (κ1) is 18.4. The van der Waals surface area contributed by atoms with E-state index >= 15 is 0 Å². The first-order valence-corrected chi connectivity index (χ1v) is 8.48. The molecule has 3 unspecified atom stereocenters. The molecule has 0 saturated heterocycles. The molecule has 3 atom stereocenters. The van der Waals surface area contributed by atoms with E-state index in [0.29, 0.717) is 10.7 Å². The van der Waals surface area contributed by atoms with Crippen molar-refractivity contribution in [2.45, 2.75) is 85.8 Å². The van der Waals surface area contributed by atoms with Crippen molar-refractivity contribution < 1.29 is 0 Å². The first-order valence-electron chi connectivity index (χ1n) is 7.97. The number of hydrogen-bond acceptors (Lipinski definition) is 1.